The lowest BCUT2D eigenvalue weighted by molar-refractivity contribution is 0.208. The summed E-state index contributed by atoms with van der Waals surface area (Å²) in [5.41, 5.74) is 1.13. The second kappa shape index (κ2) is 8.22. The van der Waals surface area contributed by atoms with Crippen LogP contribution in [0.3, 0.4) is 0 Å². The second-order valence-corrected chi connectivity index (χ2v) is 7.45. The molecule has 0 unspecified atom stereocenters. The van der Waals surface area contributed by atoms with Gasteiger partial charge in [0.1, 0.15) is 5.82 Å². The van der Waals surface area contributed by atoms with Crippen molar-refractivity contribution in [3.63, 3.8) is 0 Å². The number of piperazine rings is 1. The number of anilines is 4. The third-order valence-corrected chi connectivity index (χ3v) is 5.25. The van der Waals surface area contributed by atoms with Crippen molar-refractivity contribution in [2.24, 2.45) is 0 Å². The Kier molecular flexibility index (Phi) is 5.34. The molecule has 0 aliphatic carbocycles. The minimum Gasteiger partial charge on any atom is -0.352 e. The van der Waals surface area contributed by atoms with Crippen LogP contribution in [-0.4, -0.2) is 52.3 Å². The summed E-state index contributed by atoms with van der Waals surface area (Å²) in [7, 11) is 0. The van der Waals surface area contributed by atoms with Crippen molar-refractivity contribution in [3.8, 4) is 0 Å². The molecular weight excluding hydrogens is 374 g/mol. The molecule has 3 aromatic heterocycles. The molecular formula is C19H21N7OS. The van der Waals surface area contributed by atoms with Crippen LogP contribution in [0, 0.1) is 6.92 Å². The summed E-state index contributed by atoms with van der Waals surface area (Å²) < 4.78 is 0. The molecule has 1 aliphatic rings. The van der Waals surface area contributed by atoms with Crippen molar-refractivity contribution < 1.29 is 4.79 Å². The van der Waals surface area contributed by atoms with Gasteiger partial charge in [-0.25, -0.2) is 9.78 Å². The quantitative estimate of drug-likeness (QED) is 0.705. The van der Waals surface area contributed by atoms with Gasteiger partial charge in [0.15, 0.2) is 11.6 Å². The molecule has 0 radical (unpaired) electrons. The highest BCUT2D eigenvalue weighted by molar-refractivity contribution is 7.14. The Bertz CT molecular complexity index is 922. The summed E-state index contributed by atoms with van der Waals surface area (Å²) in [5.74, 6) is 2.20. The molecule has 0 bridgehead atoms. The third-order valence-electron chi connectivity index (χ3n) is 4.46. The highest BCUT2D eigenvalue weighted by atomic mass is 32.1. The summed E-state index contributed by atoms with van der Waals surface area (Å²) in [6.45, 7) is 4.75. The smallest absolute Gasteiger partial charge is 0.322 e. The summed E-state index contributed by atoms with van der Waals surface area (Å²) in [5, 5.41) is 17.5. The highest BCUT2D eigenvalue weighted by Crippen LogP contribution is 2.19. The number of urea groups is 1. The molecule has 9 heteroatoms. The van der Waals surface area contributed by atoms with Crippen LogP contribution in [0.2, 0.25) is 0 Å². The van der Waals surface area contributed by atoms with Crippen LogP contribution < -0.4 is 15.5 Å². The van der Waals surface area contributed by atoms with E-state index in [1.807, 2.05) is 53.6 Å². The topological polar surface area (TPSA) is 86.3 Å². The van der Waals surface area contributed by atoms with E-state index < -0.39 is 0 Å². The van der Waals surface area contributed by atoms with Crippen molar-refractivity contribution in [1.29, 1.82) is 0 Å². The molecule has 28 heavy (non-hydrogen) atoms. The second-order valence-electron chi connectivity index (χ2n) is 6.50. The lowest BCUT2D eigenvalue weighted by Crippen LogP contribution is -2.50. The van der Waals surface area contributed by atoms with Gasteiger partial charge in [0, 0.05) is 32.4 Å². The number of aromatic nitrogens is 3. The Balaban J connectivity index is 1.31. The fraction of sp³-hybridized carbons (Fsp3) is 0.263. The summed E-state index contributed by atoms with van der Waals surface area (Å²) in [6, 6.07) is 11.5. The van der Waals surface area contributed by atoms with Gasteiger partial charge in [0.25, 0.3) is 0 Å². The Labute approximate surface area is 167 Å². The molecule has 8 nitrogen and oxygen atoms in total. The third kappa shape index (κ3) is 4.37. The number of thiophene rings is 1. The van der Waals surface area contributed by atoms with Crippen molar-refractivity contribution >= 4 is 39.8 Å². The van der Waals surface area contributed by atoms with Crippen LogP contribution >= 0.6 is 11.3 Å². The maximum Gasteiger partial charge on any atom is 0.322 e. The van der Waals surface area contributed by atoms with Crippen LogP contribution in [0.1, 0.15) is 5.56 Å². The average Bonchev–Trinajstić information content (AvgIpc) is 3.22. The Morgan fingerprint density at radius 2 is 1.93 bits per heavy atom. The van der Waals surface area contributed by atoms with Gasteiger partial charge in [-0.2, -0.15) is 0 Å². The van der Waals surface area contributed by atoms with Gasteiger partial charge in [-0.1, -0.05) is 0 Å². The predicted molar refractivity (Wildman–Crippen MR) is 111 cm³/mol. The van der Waals surface area contributed by atoms with E-state index in [2.05, 4.69) is 30.7 Å². The first kappa shape index (κ1) is 18.2. The first-order valence-electron chi connectivity index (χ1n) is 9.05. The molecule has 0 aromatic carbocycles. The number of carbonyl (C=O) groups is 1. The number of hydrogen-bond donors (Lipinski definition) is 2. The lowest BCUT2D eigenvalue weighted by atomic mass is 10.3. The van der Waals surface area contributed by atoms with Crippen LogP contribution in [0.4, 0.5) is 27.2 Å². The first-order valence-corrected chi connectivity index (χ1v) is 9.93. The minimum absolute atomic E-state index is 0.0570. The maximum atomic E-state index is 12.3. The standard InChI is InChI=1S/C19H21N7OS/c1-14-6-7-20-16(13-14)21-15-4-5-17(24-23-15)25-8-10-26(11-9-25)19(27)22-18-3-2-12-28-18/h2-7,12-13H,8-11H2,1H3,(H,22,27)(H,20,21,23). The van der Waals surface area contributed by atoms with Crippen LogP contribution in [0.25, 0.3) is 0 Å². The van der Waals surface area contributed by atoms with E-state index in [0.29, 0.717) is 18.9 Å². The zero-order chi connectivity index (χ0) is 19.3. The number of pyridine rings is 1. The normalized spacial score (nSPS) is 14.0. The Hall–Kier alpha value is -3.20. The highest BCUT2D eigenvalue weighted by Gasteiger charge is 2.22. The number of aryl methyl sites for hydroxylation is 1. The van der Waals surface area contributed by atoms with Gasteiger partial charge in [-0.3, -0.25) is 5.32 Å². The van der Waals surface area contributed by atoms with E-state index in [0.717, 1.165) is 35.3 Å². The molecule has 4 rings (SSSR count). The number of amides is 2. The van der Waals surface area contributed by atoms with Gasteiger partial charge in [-0.05, 0) is 54.3 Å². The van der Waals surface area contributed by atoms with Crippen LogP contribution in [0.5, 0.6) is 0 Å². The summed E-state index contributed by atoms with van der Waals surface area (Å²) in [6.07, 6.45) is 1.76. The zero-order valence-electron chi connectivity index (χ0n) is 15.5. The minimum atomic E-state index is -0.0570. The molecule has 3 aromatic rings. The number of nitrogens with one attached hydrogen (secondary N) is 2. The van der Waals surface area contributed by atoms with Gasteiger partial charge in [-0.15, -0.1) is 21.5 Å². The fourth-order valence-corrected chi connectivity index (χ4v) is 3.58. The number of hydrogen-bond acceptors (Lipinski definition) is 7. The summed E-state index contributed by atoms with van der Waals surface area (Å²) >= 11 is 1.52. The molecule has 1 aliphatic heterocycles. The van der Waals surface area contributed by atoms with E-state index in [-0.39, 0.29) is 6.03 Å². The molecule has 0 saturated carbocycles. The van der Waals surface area contributed by atoms with Crippen LogP contribution in [0.15, 0.2) is 48.0 Å². The van der Waals surface area contributed by atoms with E-state index in [1.165, 1.54) is 11.3 Å². The molecule has 2 N–H and O–H groups in total. The van der Waals surface area contributed by atoms with E-state index in [1.54, 1.807) is 6.20 Å². The largest absolute Gasteiger partial charge is 0.352 e. The van der Waals surface area contributed by atoms with Gasteiger partial charge >= 0.3 is 6.03 Å². The Morgan fingerprint density at radius 3 is 2.61 bits per heavy atom. The van der Waals surface area contributed by atoms with Crippen molar-refractivity contribution in [2.45, 2.75) is 6.92 Å². The lowest BCUT2D eigenvalue weighted by Gasteiger charge is -2.35. The zero-order valence-corrected chi connectivity index (χ0v) is 16.3. The van der Waals surface area contributed by atoms with Crippen molar-refractivity contribution in [2.75, 3.05) is 41.7 Å². The van der Waals surface area contributed by atoms with E-state index in [4.69, 9.17) is 0 Å². The molecule has 0 atom stereocenters. The molecule has 0 spiro atoms. The molecule has 1 saturated heterocycles. The van der Waals surface area contributed by atoms with Gasteiger partial charge in [0.2, 0.25) is 0 Å². The number of rotatable bonds is 4. The predicted octanol–water partition coefficient (Wildman–Crippen LogP) is 3.34. The number of nitrogens with zero attached hydrogens (tertiary/aromatic N) is 5. The Morgan fingerprint density at radius 1 is 1.07 bits per heavy atom. The van der Waals surface area contributed by atoms with Crippen molar-refractivity contribution in [1.82, 2.24) is 20.1 Å². The van der Waals surface area contributed by atoms with Crippen molar-refractivity contribution in [3.05, 3.63) is 53.5 Å². The molecule has 4 heterocycles. The molecule has 1 fully saturated rings. The average molecular weight is 395 g/mol. The molecule has 144 valence electrons. The van der Waals surface area contributed by atoms with Gasteiger partial charge in [0.05, 0.1) is 5.00 Å². The first-order chi connectivity index (χ1) is 13.7. The molecule has 2 amide bonds. The van der Waals surface area contributed by atoms with Crippen LogP contribution in [-0.2, 0) is 0 Å². The SMILES string of the molecule is Cc1ccnc(Nc2ccc(N3CCN(C(=O)Nc4cccs4)CC3)nn2)c1. The fourth-order valence-electron chi connectivity index (χ4n) is 2.97. The van der Waals surface area contributed by atoms with E-state index >= 15 is 0 Å². The van der Waals surface area contributed by atoms with Gasteiger partial charge < -0.3 is 15.1 Å². The monoisotopic (exact) mass is 395 g/mol. The maximum absolute atomic E-state index is 12.3. The van der Waals surface area contributed by atoms with E-state index in [9.17, 15) is 4.79 Å². The number of carbonyl (C=O) groups excluding carboxylic acids is 1. The summed E-state index contributed by atoms with van der Waals surface area (Å²) in [4.78, 5) is 20.5.